The number of aromatic amines is 2. The normalized spacial score (nSPS) is 25.8. The van der Waals surface area contributed by atoms with E-state index in [4.69, 9.17) is 0 Å². The predicted molar refractivity (Wildman–Crippen MR) is 172 cm³/mol. The summed E-state index contributed by atoms with van der Waals surface area (Å²) < 4.78 is 0. The van der Waals surface area contributed by atoms with Gasteiger partial charge in [-0.15, -0.1) is 0 Å². The molecule has 0 saturated carbocycles. The van der Waals surface area contributed by atoms with Crippen LogP contribution in [0, 0.1) is 25.7 Å². The zero-order valence-corrected chi connectivity index (χ0v) is 26.8. The Balaban J connectivity index is 1.60. The standard InChI is InChI=1S/C33H42N4O6S/c1-6-19-15(2)24(36-33(19)43)11-22-16(3)20(7-9-29(38)39)25(34-22)13-26-21(8-10-30(40)41)17(4)23(35-26)12-27-31(28-14-44-28)18(5)32(42)37-27/h12-13,18,27-28,31-32,34-35,37,42H,6-11,14H2,1-5H3,(H,38,39)(H,40,41)/p+1/b23-12+,26-13-/t18-,27?,28-,31-,32?/m1/s1. The summed E-state index contributed by atoms with van der Waals surface area (Å²) in [6, 6.07) is -0.0119. The van der Waals surface area contributed by atoms with Crippen LogP contribution < -0.4 is 16.0 Å². The van der Waals surface area contributed by atoms with Gasteiger partial charge < -0.3 is 25.3 Å². The van der Waals surface area contributed by atoms with Crippen LogP contribution in [0.4, 0.5) is 0 Å². The number of carbonyl (C=O) groups excluding carboxylic acids is 1. The minimum atomic E-state index is -0.893. The molecular weight excluding hydrogens is 580 g/mol. The number of rotatable bonds is 12. The number of H-pyrrole nitrogens is 2. The van der Waals surface area contributed by atoms with Crippen molar-refractivity contribution in [2.45, 2.75) is 90.7 Å². The number of carbonyl (C=O) groups is 3. The summed E-state index contributed by atoms with van der Waals surface area (Å²) in [5, 5.41) is 35.1. The van der Waals surface area contributed by atoms with Crippen molar-refractivity contribution in [3.05, 3.63) is 55.5 Å². The number of carboxylic acid groups (broad SMARTS) is 2. The maximum Gasteiger partial charge on any atom is 0.303 e. The van der Waals surface area contributed by atoms with Gasteiger partial charge in [-0.05, 0) is 91.8 Å². The molecule has 6 N–H and O–H groups in total. The molecule has 0 aromatic carbocycles. The number of aliphatic hydroxyl groups excluding tert-OH is 1. The highest BCUT2D eigenvalue weighted by molar-refractivity contribution is 7.86. The van der Waals surface area contributed by atoms with Crippen molar-refractivity contribution in [2.75, 3.05) is 5.75 Å². The molecule has 3 aliphatic heterocycles. The van der Waals surface area contributed by atoms with Crippen LogP contribution in [0.5, 0.6) is 0 Å². The van der Waals surface area contributed by atoms with Crippen molar-refractivity contribution in [2.24, 2.45) is 16.8 Å². The molecule has 0 aliphatic carbocycles. The lowest BCUT2D eigenvalue weighted by atomic mass is 9.88. The fourth-order valence-corrected chi connectivity index (χ4v) is 7.90. The van der Waals surface area contributed by atoms with Crippen LogP contribution >= 0.6 is 0 Å². The van der Waals surface area contributed by atoms with Crippen LogP contribution in [0.2, 0.25) is 0 Å². The van der Waals surface area contributed by atoms with Gasteiger partial charge in [-0.25, -0.2) is 4.99 Å². The van der Waals surface area contributed by atoms with Crippen molar-refractivity contribution >= 4 is 47.5 Å². The number of aromatic nitrogens is 2. The summed E-state index contributed by atoms with van der Waals surface area (Å²) in [5.41, 5.74) is 7.60. The van der Waals surface area contributed by atoms with Gasteiger partial charge in [0, 0.05) is 64.8 Å². The molecule has 2 unspecified atom stereocenters. The second-order valence-corrected chi connectivity index (χ2v) is 13.7. The molecule has 236 valence electrons. The lowest BCUT2D eigenvalue weighted by Crippen LogP contribution is -2.33. The van der Waals surface area contributed by atoms with Crippen LogP contribution in [-0.4, -0.2) is 72.1 Å². The minimum Gasteiger partial charge on any atom is -0.481 e. The van der Waals surface area contributed by atoms with E-state index in [0.717, 1.165) is 61.2 Å². The van der Waals surface area contributed by atoms with Crippen molar-refractivity contribution in [3.8, 4) is 0 Å². The summed E-state index contributed by atoms with van der Waals surface area (Å²) >= 11 is 1.42. The first-order valence-electron chi connectivity index (χ1n) is 15.4. The third kappa shape index (κ3) is 6.50. The SMILES string of the molecule is CCC1=C(C)C(Cc2[nH]c(/C=c3\[nH]/c(=C/C4NC(O)[C@H](C)[C@H]4[C@H]4C[SH+]4)c(C)c3CCC(=O)O)c(CCC(=O)O)c2C)=NC1=O. The highest BCUT2D eigenvalue weighted by Gasteiger charge is 2.53. The minimum absolute atomic E-state index is 0.0119. The van der Waals surface area contributed by atoms with Crippen LogP contribution in [0.15, 0.2) is 16.1 Å². The van der Waals surface area contributed by atoms with E-state index >= 15 is 0 Å². The van der Waals surface area contributed by atoms with E-state index in [1.807, 2.05) is 33.8 Å². The molecule has 10 nitrogen and oxygen atoms in total. The molecule has 5 heterocycles. The number of aliphatic carboxylic acids is 2. The molecule has 2 saturated heterocycles. The number of hydrogen-bond acceptors (Lipinski definition) is 5. The molecule has 2 aromatic heterocycles. The highest BCUT2D eigenvalue weighted by Crippen LogP contribution is 2.37. The summed E-state index contributed by atoms with van der Waals surface area (Å²) in [6.07, 6.45) is 5.13. The molecule has 1 amide bonds. The van der Waals surface area contributed by atoms with Crippen LogP contribution in [0.25, 0.3) is 12.2 Å². The van der Waals surface area contributed by atoms with E-state index in [1.54, 1.807) is 0 Å². The molecule has 5 rings (SSSR count). The molecule has 2 aromatic rings. The van der Waals surface area contributed by atoms with E-state index in [0.29, 0.717) is 42.6 Å². The van der Waals surface area contributed by atoms with E-state index in [1.165, 1.54) is 11.8 Å². The number of nitrogens with one attached hydrogen (secondary N) is 3. The number of allylic oxidation sites excluding steroid dienone is 1. The summed E-state index contributed by atoms with van der Waals surface area (Å²) in [5.74, 6) is -0.382. The van der Waals surface area contributed by atoms with Crippen LogP contribution in [0.3, 0.4) is 0 Å². The first-order chi connectivity index (χ1) is 20.9. The van der Waals surface area contributed by atoms with Crippen molar-refractivity contribution in [1.29, 1.82) is 0 Å². The zero-order chi connectivity index (χ0) is 31.9. The maximum absolute atomic E-state index is 12.4. The van der Waals surface area contributed by atoms with Gasteiger partial charge in [-0.2, -0.15) is 0 Å². The smallest absolute Gasteiger partial charge is 0.303 e. The van der Waals surface area contributed by atoms with Crippen molar-refractivity contribution in [3.63, 3.8) is 0 Å². The quantitative estimate of drug-likeness (QED) is 0.119. The topological polar surface area (TPSA) is 168 Å². The summed E-state index contributed by atoms with van der Waals surface area (Å²) in [7, 11) is 0. The van der Waals surface area contributed by atoms with Gasteiger partial charge in [0.15, 0.2) is 11.0 Å². The molecule has 2 fully saturated rings. The molecule has 3 aliphatic rings. The molecule has 0 spiro atoms. The van der Waals surface area contributed by atoms with Crippen molar-refractivity contribution < 1.29 is 29.7 Å². The average Bonchev–Trinajstić information content (AvgIpc) is 3.53. The molecule has 11 heteroatoms. The summed E-state index contributed by atoms with van der Waals surface area (Å²) in [4.78, 5) is 46.9. The molecule has 0 bridgehead atoms. The van der Waals surface area contributed by atoms with Gasteiger partial charge in [0.05, 0.1) is 5.71 Å². The fraction of sp³-hybridized carbons (Fsp3) is 0.515. The van der Waals surface area contributed by atoms with Gasteiger partial charge in [0.25, 0.3) is 5.91 Å². The maximum atomic E-state index is 12.4. The third-order valence-corrected chi connectivity index (χ3v) is 10.7. The molecule has 44 heavy (non-hydrogen) atoms. The van der Waals surface area contributed by atoms with Gasteiger partial charge >= 0.3 is 11.9 Å². The van der Waals surface area contributed by atoms with E-state index in [2.05, 4.69) is 33.3 Å². The number of nitrogens with zero attached hydrogens (tertiary/aromatic N) is 1. The Bertz CT molecular complexity index is 1680. The monoisotopic (exact) mass is 623 g/mol. The Morgan fingerprint density at radius 2 is 1.68 bits per heavy atom. The number of aliphatic hydroxyl groups is 1. The molecule has 0 radical (unpaired) electrons. The molecule has 5 atom stereocenters. The third-order valence-electron chi connectivity index (χ3n) is 9.58. The number of thiol groups is 1. The number of hydrogen-bond donors (Lipinski definition) is 6. The first kappa shape index (κ1) is 32.0. The Labute approximate surface area is 260 Å². The second-order valence-electron chi connectivity index (χ2n) is 12.3. The largest absolute Gasteiger partial charge is 0.481 e. The Kier molecular flexibility index (Phi) is 9.38. The Morgan fingerprint density at radius 1 is 1.02 bits per heavy atom. The summed E-state index contributed by atoms with van der Waals surface area (Å²) in [6.45, 7) is 9.88. The number of carboxylic acids is 2. The zero-order valence-electron chi connectivity index (χ0n) is 26.0. The Morgan fingerprint density at radius 3 is 2.27 bits per heavy atom. The van der Waals surface area contributed by atoms with Gasteiger partial charge in [0.2, 0.25) is 0 Å². The number of amides is 1. The van der Waals surface area contributed by atoms with E-state index in [-0.39, 0.29) is 30.7 Å². The van der Waals surface area contributed by atoms with E-state index in [9.17, 15) is 29.7 Å². The highest BCUT2D eigenvalue weighted by atomic mass is 32.2. The van der Waals surface area contributed by atoms with Crippen LogP contribution in [0.1, 0.15) is 73.7 Å². The van der Waals surface area contributed by atoms with Gasteiger partial charge in [-0.1, -0.05) is 13.8 Å². The average molecular weight is 624 g/mol. The first-order valence-corrected chi connectivity index (χ1v) is 16.5. The van der Waals surface area contributed by atoms with Gasteiger partial charge in [-0.3, -0.25) is 19.7 Å². The van der Waals surface area contributed by atoms with Crippen LogP contribution in [-0.2, 0) is 45.4 Å². The van der Waals surface area contributed by atoms with Gasteiger partial charge in [0.1, 0.15) is 6.23 Å². The number of aliphatic imine (C=N–C) groups is 1. The second kappa shape index (κ2) is 12.9. The van der Waals surface area contributed by atoms with E-state index < -0.39 is 18.2 Å². The lowest BCUT2D eigenvalue weighted by Gasteiger charge is -2.14. The Hall–Kier alpha value is -3.41. The van der Waals surface area contributed by atoms with Crippen molar-refractivity contribution in [1.82, 2.24) is 15.3 Å². The predicted octanol–water partition coefficient (Wildman–Crippen LogP) is 1.59. The molecular formula is C33H43N4O6S+. The lowest BCUT2D eigenvalue weighted by molar-refractivity contribution is -0.138. The fourth-order valence-electron chi connectivity index (χ4n) is 6.83.